The molecule has 1 aliphatic rings. The van der Waals surface area contributed by atoms with Gasteiger partial charge in [0.2, 0.25) is 0 Å². The van der Waals surface area contributed by atoms with E-state index < -0.39 is 11.6 Å². The van der Waals surface area contributed by atoms with Crippen LogP contribution in [-0.4, -0.2) is 15.4 Å². The van der Waals surface area contributed by atoms with Gasteiger partial charge < -0.3 is 4.57 Å². The Labute approximate surface area is 121 Å². The smallest absolute Gasteiger partial charge is 0.184 e. The number of imidazole rings is 1. The number of aryl methyl sites for hydroxylation is 2. The molecule has 108 valence electrons. The molecule has 0 spiro atoms. The minimum Gasteiger partial charge on any atom is -0.325 e. The lowest BCUT2D eigenvalue weighted by Crippen LogP contribution is -2.15. The Morgan fingerprint density at radius 3 is 2.75 bits per heavy atom. The van der Waals surface area contributed by atoms with Gasteiger partial charge in [0.15, 0.2) is 11.6 Å². The number of aromatic nitrogens is 2. The highest BCUT2D eigenvalue weighted by Gasteiger charge is 2.21. The average Bonchev–Trinajstić information content (AvgIpc) is 2.72. The molecule has 0 amide bonds. The molecular weight excluding hydrogens is 282 g/mol. The summed E-state index contributed by atoms with van der Waals surface area (Å²) in [4.78, 5) is 4.40. The summed E-state index contributed by atoms with van der Waals surface area (Å²) in [6, 6.07) is 2.66. The normalized spacial score (nSPS) is 15.8. The number of nitrogens with zero attached hydrogens (tertiary/aromatic N) is 2. The van der Waals surface area contributed by atoms with Crippen molar-refractivity contribution < 1.29 is 8.78 Å². The lowest BCUT2D eigenvalue weighted by atomic mass is 9.83. The van der Waals surface area contributed by atoms with Crippen LogP contribution in [0.1, 0.15) is 31.5 Å². The van der Waals surface area contributed by atoms with E-state index in [1.54, 1.807) is 0 Å². The lowest BCUT2D eigenvalue weighted by Gasteiger charge is -2.25. The van der Waals surface area contributed by atoms with Crippen molar-refractivity contribution in [2.24, 2.45) is 5.92 Å². The van der Waals surface area contributed by atoms with E-state index in [0.717, 1.165) is 18.3 Å². The minimum atomic E-state index is -0.820. The molecule has 0 unspecified atom stereocenters. The van der Waals surface area contributed by atoms with Crippen LogP contribution in [-0.2, 0) is 13.0 Å². The van der Waals surface area contributed by atoms with Crippen molar-refractivity contribution in [3.8, 4) is 0 Å². The van der Waals surface area contributed by atoms with Gasteiger partial charge in [-0.3, -0.25) is 0 Å². The van der Waals surface area contributed by atoms with Crippen molar-refractivity contribution in [2.75, 3.05) is 5.88 Å². The van der Waals surface area contributed by atoms with E-state index in [9.17, 15) is 8.78 Å². The van der Waals surface area contributed by atoms with Gasteiger partial charge in [0.1, 0.15) is 11.3 Å². The minimum absolute atomic E-state index is 0.282. The van der Waals surface area contributed by atoms with Crippen LogP contribution >= 0.6 is 11.6 Å². The number of halogens is 3. The average molecular weight is 299 g/mol. The zero-order chi connectivity index (χ0) is 14.1. The van der Waals surface area contributed by atoms with Crippen LogP contribution in [0.3, 0.4) is 0 Å². The third kappa shape index (κ3) is 2.41. The summed E-state index contributed by atoms with van der Waals surface area (Å²) >= 11 is 5.79. The van der Waals surface area contributed by atoms with Gasteiger partial charge in [-0.05, 0) is 24.5 Å². The van der Waals surface area contributed by atoms with Crippen LogP contribution < -0.4 is 0 Å². The summed E-state index contributed by atoms with van der Waals surface area (Å²) in [5, 5.41) is 0. The van der Waals surface area contributed by atoms with E-state index in [1.807, 2.05) is 4.57 Å². The zero-order valence-electron chi connectivity index (χ0n) is 11.2. The lowest BCUT2D eigenvalue weighted by molar-refractivity contribution is 0.282. The molecule has 0 atom stereocenters. The maximum absolute atomic E-state index is 14.1. The van der Waals surface area contributed by atoms with Gasteiger partial charge in [-0.25, -0.2) is 13.8 Å². The van der Waals surface area contributed by atoms with Gasteiger partial charge in [0, 0.05) is 18.8 Å². The fraction of sp³-hybridized carbons (Fsp3) is 0.533. The molecule has 0 radical (unpaired) electrons. The zero-order valence-corrected chi connectivity index (χ0v) is 12.0. The Balaban J connectivity index is 1.99. The molecule has 1 saturated carbocycles. The number of fused-ring (bicyclic) bond motifs is 1. The standard InChI is InChI=1S/C15H17ClF2N2/c16-8-6-13-19-12-5-4-11(17)14(18)15(12)20(13)9-7-10-2-1-3-10/h4-5,10H,1-3,6-9H2. The summed E-state index contributed by atoms with van der Waals surface area (Å²) in [6.07, 6.45) is 5.34. The molecule has 1 heterocycles. The molecule has 0 saturated heterocycles. The molecule has 2 nitrogen and oxygen atoms in total. The predicted molar refractivity (Wildman–Crippen MR) is 76.0 cm³/mol. The van der Waals surface area contributed by atoms with E-state index in [0.29, 0.717) is 30.3 Å². The SMILES string of the molecule is Fc1ccc2nc(CCCl)n(CCC3CCC3)c2c1F. The Morgan fingerprint density at radius 1 is 1.30 bits per heavy atom. The second-order valence-electron chi connectivity index (χ2n) is 5.43. The van der Waals surface area contributed by atoms with Crippen molar-refractivity contribution in [3.05, 3.63) is 29.6 Å². The van der Waals surface area contributed by atoms with E-state index in [-0.39, 0.29) is 5.52 Å². The first kappa shape index (κ1) is 13.8. The molecule has 3 rings (SSSR count). The Hall–Kier alpha value is -1.16. The number of hydrogen-bond acceptors (Lipinski definition) is 1. The summed E-state index contributed by atoms with van der Waals surface area (Å²) in [5.74, 6) is 0.271. The van der Waals surface area contributed by atoms with E-state index >= 15 is 0 Å². The molecule has 0 aliphatic heterocycles. The van der Waals surface area contributed by atoms with Crippen LogP contribution in [0.15, 0.2) is 12.1 Å². The van der Waals surface area contributed by atoms with Crippen LogP contribution in [0.25, 0.3) is 11.0 Å². The molecule has 0 bridgehead atoms. The molecule has 2 aromatic rings. The summed E-state index contributed by atoms with van der Waals surface area (Å²) in [5.41, 5.74) is 0.794. The maximum Gasteiger partial charge on any atom is 0.184 e. The van der Waals surface area contributed by atoms with Crippen LogP contribution in [0.2, 0.25) is 0 Å². The topological polar surface area (TPSA) is 17.8 Å². The summed E-state index contributed by atoms with van der Waals surface area (Å²) in [7, 11) is 0. The molecule has 1 aliphatic carbocycles. The number of alkyl halides is 1. The number of benzene rings is 1. The van der Waals surface area contributed by atoms with Gasteiger partial charge in [-0.2, -0.15) is 0 Å². The fourth-order valence-electron chi connectivity index (χ4n) is 2.81. The Bertz CT molecular complexity index is 620. The van der Waals surface area contributed by atoms with Crippen molar-refractivity contribution >= 4 is 22.6 Å². The van der Waals surface area contributed by atoms with Crippen molar-refractivity contribution in [2.45, 2.75) is 38.6 Å². The predicted octanol–water partition coefficient (Wildman–Crippen LogP) is 4.29. The summed E-state index contributed by atoms with van der Waals surface area (Å²) < 4.78 is 29.3. The van der Waals surface area contributed by atoms with E-state index in [2.05, 4.69) is 4.98 Å². The highest BCUT2D eigenvalue weighted by atomic mass is 35.5. The molecule has 1 aromatic carbocycles. The highest BCUT2D eigenvalue weighted by molar-refractivity contribution is 6.17. The molecule has 1 aromatic heterocycles. The van der Waals surface area contributed by atoms with Crippen molar-refractivity contribution in [1.29, 1.82) is 0 Å². The number of rotatable bonds is 5. The van der Waals surface area contributed by atoms with Gasteiger partial charge in [0.05, 0.1) is 5.52 Å². The fourth-order valence-corrected chi connectivity index (χ4v) is 2.98. The Kier molecular flexibility index (Phi) is 3.92. The van der Waals surface area contributed by atoms with Gasteiger partial charge >= 0.3 is 0 Å². The molecule has 0 N–H and O–H groups in total. The highest BCUT2D eigenvalue weighted by Crippen LogP contribution is 2.31. The van der Waals surface area contributed by atoms with Crippen molar-refractivity contribution in [3.63, 3.8) is 0 Å². The van der Waals surface area contributed by atoms with Gasteiger partial charge in [-0.15, -0.1) is 11.6 Å². The first-order valence-corrected chi connectivity index (χ1v) is 7.63. The third-order valence-corrected chi connectivity index (χ3v) is 4.37. The van der Waals surface area contributed by atoms with Gasteiger partial charge in [0.25, 0.3) is 0 Å². The molecule has 5 heteroatoms. The third-order valence-electron chi connectivity index (χ3n) is 4.18. The van der Waals surface area contributed by atoms with Crippen LogP contribution in [0.5, 0.6) is 0 Å². The largest absolute Gasteiger partial charge is 0.325 e. The monoisotopic (exact) mass is 298 g/mol. The quantitative estimate of drug-likeness (QED) is 0.753. The van der Waals surface area contributed by atoms with Crippen LogP contribution in [0.4, 0.5) is 8.78 Å². The maximum atomic E-state index is 14.1. The first-order chi connectivity index (χ1) is 9.70. The Morgan fingerprint density at radius 2 is 2.10 bits per heavy atom. The molecule has 1 fully saturated rings. The van der Waals surface area contributed by atoms with E-state index in [4.69, 9.17) is 11.6 Å². The molecular formula is C15H17ClF2N2. The van der Waals surface area contributed by atoms with Gasteiger partial charge in [-0.1, -0.05) is 19.3 Å². The molecule has 20 heavy (non-hydrogen) atoms. The first-order valence-electron chi connectivity index (χ1n) is 7.09. The second kappa shape index (κ2) is 5.68. The van der Waals surface area contributed by atoms with Crippen LogP contribution in [0, 0.1) is 17.6 Å². The second-order valence-corrected chi connectivity index (χ2v) is 5.81. The number of hydrogen-bond donors (Lipinski definition) is 0. The van der Waals surface area contributed by atoms with Crippen molar-refractivity contribution in [1.82, 2.24) is 9.55 Å². The van der Waals surface area contributed by atoms with E-state index in [1.165, 1.54) is 25.3 Å². The summed E-state index contributed by atoms with van der Waals surface area (Å²) in [6.45, 7) is 0.688.